The first-order valence-corrected chi connectivity index (χ1v) is 7.92. The molecule has 0 bridgehead atoms. The van der Waals surface area contributed by atoms with Gasteiger partial charge in [0.15, 0.2) is 0 Å². The number of benzene rings is 3. The molecule has 0 N–H and O–H groups in total. The van der Waals surface area contributed by atoms with Gasteiger partial charge in [-0.1, -0.05) is 36.9 Å². The number of fused-ring (bicyclic) bond motifs is 1. The van der Waals surface area contributed by atoms with Gasteiger partial charge in [-0.25, -0.2) is 4.39 Å². The van der Waals surface area contributed by atoms with Crippen molar-refractivity contribution in [2.24, 2.45) is 0 Å². The molecule has 3 heteroatoms. The van der Waals surface area contributed by atoms with Crippen LogP contribution in [0, 0.1) is 5.82 Å². The van der Waals surface area contributed by atoms with Crippen LogP contribution in [0.5, 0.6) is 11.5 Å². The number of rotatable bonds is 6. The highest BCUT2D eigenvalue weighted by Gasteiger charge is 2.10. The van der Waals surface area contributed by atoms with Crippen LogP contribution in [0.25, 0.3) is 21.9 Å². The summed E-state index contributed by atoms with van der Waals surface area (Å²) in [5.74, 6) is 1.26. The largest absolute Gasteiger partial charge is 0.494 e. The van der Waals surface area contributed by atoms with Gasteiger partial charge < -0.3 is 9.47 Å². The van der Waals surface area contributed by atoms with Crippen molar-refractivity contribution in [2.45, 2.75) is 6.92 Å². The summed E-state index contributed by atoms with van der Waals surface area (Å²) in [6, 6.07) is 16.5. The van der Waals surface area contributed by atoms with Gasteiger partial charge in [-0.05, 0) is 48.2 Å². The Morgan fingerprint density at radius 2 is 1.71 bits per heavy atom. The maximum Gasteiger partial charge on any atom is 0.138 e. The molecule has 0 atom stereocenters. The highest BCUT2D eigenvalue weighted by Crippen LogP contribution is 2.31. The molecule has 0 radical (unpaired) electrons. The minimum atomic E-state index is -0.230. The minimum absolute atomic E-state index is 0.230. The Labute approximate surface area is 141 Å². The van der Waals surface area contributed by atoms with Crippen LogP contribution in [0.1, 0.15) is 6.92 Å². The van der Waals surface area contributed by atoms with E-state index < -0.39 is 0 Å². The summed E-state index contributed by atoms with van der Waals surface area (Å²) >= 11 is 0. The van der Waals surface area contributed by atoms with Crippen LogP contribution < -0.4 is 9.47 Å². The van der Waals surface area contributed by atoms with Crippen molar-refractivity contribution in [2.75, 3.05) is 13.2 Å². The van der Waals surface area contributed by atoms with Gasteiger partial charge in [-0.3, -0.25) is 0 Å². The van der Waals surface area contributed by atoms with Gasteiger partial charge in [0, 0.05) is 10.9 Å². The number of hydrogen-bond donors (Lipinski definition) is 0. The van der Waals surface area contributed by atoms with Crippen LogP contribution in [0.4, 0.5) is 4.39 Å². The van der Waals surface area contributed by atoms with E-state index in [1.54, 1.807) is 24.3 Å². The molecule has 0 aliphatic rings. The fraction of sp³-hybridized carbons (Fsp3) is 0.143. The molecule has 24 heavy (non-hydrogen) atoms. The predicted octanol–water partition coefficient (Wildman–Crippen LogP) is 5.61. The zero-order chi connectivity index (χ0) is 16.9. The van der Waals surface area contributed by atoms with E-state index >= 15 is 0 Å². The summed E-state index contributed by atoms with van der Waals surface area (Å²) in [4.78, 5) is 0. The van der Waals surface area contributed by atoms with Crippen molar-refractivity contribution >= 4 is 10.8 Å². The number of ether oxygens (including phenoxy) is 2. The molecular weight excluding hydrogens is 303 g/mol. The summed E-state index contributed by atoms with van der Waals surface area (Å²) in [5, 5.41) is 1.39. The molecule has 0 amide bonds. The Balaban J connectivity index is 1.97. The van der Waals surface area contributed by atoms with Crippen molar-refractivity contribution in [3.8, 4) is 22.6 Å². The smallest absolute Gasteiger partial charge is 0.138 e. The Bertz CT molecular complexity index is 854. The Morgan fingerprint density at radius 1 is 0.958 bits per heavy atom. The van der Waals surface area contributed by atoms with E-state index in [0.29, 0.717) is 29.9 Å². The molecule has 3 rings (SSSR count). The lowest BCUT2D eigenvalue weighted by atomic mass is 10.00. The minimum Gasteiger partial charge on any atom is -0.494 e. The lowest BCUT2D eigenvalue weighted by Crippen LogP contribution is -1.93. The average Bonchev–Trinajstić information content (AvgIpc) is 2.61. The highest BCUT2D eigenvalue weighted by molar-refractivity contribution is 5.89. The molecule has 0 aliphatic heterocycles. The summed E-state index contributed by atoms with van der Waals surface area (Å²) in [6.45, 7) is 6.60. The maximum absolute atomic E-state index is 14.9. The summed E-state index contributed by atoms with van der Waals surface area (Å²) in [5.41, 5.74) is 1.40. The second-order valence-corrected chi connectivity index (χ2v) is 5.37. The Hall–Kier alpha value is -2.81. The molecule has 0 unspecified atom stereocenters. The molecule has 0 saturated carbocycles. The fourth-order valence-corrected chi connectivity index (χ4v) is 2.64. The van der Waals surface area contributed by atoms with E-state index in [1.165, 1.54) is 0 Å². The molecule has 3 aromatic carbocycles. The highest BCUT2D eigenvalue weighted by atomic mass is 19.1. The first-order chi connectivity index (χ1) is 11.7. The van der Waals surface area contributed by atoms with Crippen LogP contribution >= 0.6 is 0 Å². The van der Waals surface area contributed by atoms with E-state index in [0.717, 1.165) is 16.7 Å². The van der Waals surface area contributed by atoms with Crippen molar-refractivity contribution in [1.29, 1.82) is 0 Å². The first-order valence-electron chi connectivity index (χ1n) is 7.92. The topological polar surface area (TPSA) is 18.5 Å². The first kappa shape index (κ1) is 16.1. The third-order valence-corrected chi connectivity index (χ3v) is 3.77. The van der Waals surface area contributed by atoms with Crippen LogP contribution in [-0.2, 0) is 0 Å². The zero-order valence-electron chi connectivity index (χ0n) is 13.6. The Kier molecular flexibility index (Phi) is 4.80. The summed E-state index contributed by atoms with van der Waals surface area (Å²) < 4.78 is 25.8. The molecule has 2 nitrogen and oxygen atoms in total. The van der Waals surface area contributed by atoms with E-state index in [9.17, 15) is 4.39 Å². The molecule has 3 aromatic rings. The molecule has 0 heterocycles. The van der Waals surface area contributed by atoms with Gasteiger partial charge >= 0.3 is 0 Å². The van der Waals surface area contributed by atoms with Crippen molar-refractivity contribution < 1.29 is 13.9 Å². The van der Waals surface area contributed by atoms with Crippen LogP contribution in [0.15, 0.2) is 67.3 Å². The monoisotopic (exact) mass is 322 g/mol. The third-order valence-electron chi connectivity index (χ3n) is 3.77. The quantitative estimate of drug-likeness (QED) is 0.549. The van der Waals surface area contributed by atoms with Gasteiger partial charge in [0.1, 0.15) is 23.9 Å². The van der Waals surface area contributed by atoms with Crippen molar-refractivity contribution in [3.05, 3.63) is 73.1 Å². The van der Waals surface area contributed by atoms with Gasteiger partial charge in [0.05, 0.1) is 6.61 Å². The second-order valence-electron chi connectivity index (χ2n) is 5.37. The molecule has 0 saturated heterocycles. The maximum atomic E-state index is 14.9. The van der Waals surface area contributed by atoms with Gasteiger partial charge in [0.25, 0.3) is 0 Å². The third kappa shape index (κ3) is 3.25. The van der Waals surface area contributed by atoms with Gasteiger partial charge in [0.2, 0.25) is 0 Å². The van der Waals surface area contributed by atoms with E-state index in [2.05, 4.69) is 6.58 Å². The number of halogens is 1. The fourth-order valence-electron chi connectivity index (χ4n) is 2.64. The molecule has 0 aromatic heterocycles. The van der Waals surface area contributed by atoms with Crippen LogP contribution in [-0.4, -0.2) is 13.2 Å². The van der Waals surface area contributed by atoms with Crippen molar-refractivity contribution in [3.63, 3.8) is 0 Å². The van der Waals surface area contributed by atoms with E-state index in [4.69, 9.17) is 9.47 Å². The normalized spacial score (nSPS) is 10.6. The molecule has 0 fully saturated rings. The van der Waals surface area contributed by atoms with Crippen LogP contribution in [0.2, 0.25) is 0 Å². The van der Waals surface area contributed by atoms with E-state index in [1.807, 2.05) is 43.3 Å². The molecule has 122 valence electrons. The van der Waals surface area contributed by atoms with Gasteiger partial charge in [-0.15, -0.1) is 0 Å². The molecule has 0 aliphatic carbocycles. The predicted molar refractivity (Wildman–Crippen MR) is 96.2 cm³/mol. The zero-order valence-corrected chi connectivity index (χ0v) is 13.6. The molecule has 0 spiro atoms. The van der Waals surface area contributed by atoms with Crippen LogP contribution in [0.3, 0.4) is 0 Å². The summed E-state index contributed by atoms with van der Waals surface area (Å²) in [7, 11) is 0. The second kappa shape index (κ2) is 7.18. The number of hydrogen-bond acceptors (Lipinski definition) is 2. The van der Waals surface area contributed by atoms with Gasteiger partial charge in [-0.2, -0.15) is 0 Å². The molecular formula is C21H19FO2. The Morgan fingerprint density at radius 3 is 2.42 bits per heavy atom. The lowest BCUT2D eigenvalue weighted by molar-refractivity contribution is 0.340. The SMILES string of the molecule is C=CCOc1ccc2c(F)c(-c3ccc(OCC)cc3)ccc2c1. The van der Waals surface area contributed by atoms with E-state index in [-0.39, 0.29) is 5.82 Å². The average molecular weight is 322 g/mol. The lowest BCUT2D eigenvalue weighted by Gasteiger charge is -2.10. The summed E-state index contributed by atoms with van der Waals surface area (Å²) in [6.07, 6.45) is 1.68. The van der Waals surface area contributed by atoms with Crippen molar-refractivity contribution in [1.82, 2.24) is 0 Å². The standard InChI is InChI=1S/C21H19FO2/c1-3-13-24-18-10-12-20-16(14-18)7-11-19(21(20)22)15-5-8-17(9-6-15)23-4-2/h3,5-12,14H,1,4,13H2,2H3.